The lowest BCUT2D eigenvalue weighted by molar-refractivity contribution is 1.18. The van der Waals surface area contributed by atoms with Crippen molar-refractivity contribution in [2.24, 2.45) is 0 Å². The molecule has 0 aliphatic carbocycles. The van der Waals surface area contributed by atoms with Crippen molar-refractivity contribution in [3.63, 3.8) is 0 Å². The Kier molecular flexibility index (Phi) is 9.89. The molecule has 0 saturated carbocycles. The molecule has 0 bridgehead atoms. The van der Waals surface area contributed by atoms with Crippen LogP contribution in [0.25, 0.3) is 93.9 Å². The minimum Gasteiger partial charge on any atom is -0.311 e. The summed E-state index contributed by atoms with van der Waals surface area (Å²) in [5.41, 5.74) is 18.8. The van der Waals surface area contributed by atoms with Gasteiger partial charge in [-0.3, -0.25) is 0 Å². The van der Waals surface area contributed by atoms with E-state index in [4.69, 9.17) is 0 Å². The lowest BCUT2D eigenvalue weighted by atomic mass is 9.97. The van der Waals surface area contributed by atoms with E-state index >= 15 is 0 Å². The minimum atomic E-state index is 1.10. The number of aromatic nitrogens is 1. The van der Waals surface area contributed by atoms with Gasteiger partial charge in [0.1, 0.15) is 0 Å². The van der Waals surface area contributed by atoms with Gasteiger partial charge < -0.3 is 9.47 Å². The van der Waals surface area contributed by atoms with Gasteiger partial charge in [-0.15, -0.1) is 0 Å². The molecular formula is C64H44N2. The maximum Gasteiger partial charge on any atom is 0.0547 e. The van der Waals surface area contributed by atoms with E-state index in [1.165, 1.54) is 88.2 Å². The van der Waals surface area contributed by atoms with Crippen LogP contribution in [-0.4, -0.2) is 4.57 Å². The summed E-state index contributed by atoms with van der Waals surface area (Å²) in [7, 11) is 0. The Bertz CT molecular complexity index is 3560. The van der Waals surface area contributed by atoms with E-state index in [9.17, 15) is 0 Å². The zero-order valence-electron chi connectivity index (χ0n) is 36.3. The largest absolute Gasteiger partial charge is 0.311 e. The normalized spacial score (nSPS) is 11.3. The quantitative estimate of drug-likeness (QED) is 0.141. The molecule has 11 aromatic carbocycles. The second kappa shape index (κ2) is 16.8. The predicted molar refractivity (Wildman–Crippen MR) is 280 cm³/mol. The third-order valence-corrected chi connectivity index (χ3v) is 13.0. The van der Waals surface area contributed by atoms with Gasteiger partial charge in [0.2, 0.25) is 0 Å². The molecule has 1 heterocycles. The maximum absolute atomic E-state index is 2.46. The number of hydrogen-bond acceptors (Lipinski definition) is 1. The van der Waals surface area contributed by atoms with Crippen molar-refractivity contribution in [3.8, 4) is 61.3 Å². The summed E-state index contributed by atoms with van der Waals surface area (Å²) in [6.45, 7) is 0. The summed E-state index contributed by atoms with van der Waals surface area (Å²) in [5.74, 6) is 0. The fourth-order valence-electron chi connectivity index (χ4n) is 9.75. The van der Waals surface area contributed by atoms with E-state index in [1.807, 2.05) is 0 Å². The summed E-state index contributed by atoms with van der Waals surface area (Å²) >= 11 is 0. The Labute approximate surface area is 385 Å². The average Bonchev–Trinajstić information content (AvgIpc) is 3.73. The molecule has 0 saturated heterocycles. The summed E-state index contributed by atoms with van der Waals surface area (Å²) in [4.78, 5) is 2.34. The van der Waals surface area contributed by atoms with Gasteiger partial charge in [0.25, 0.3) is 0 Å². The molecule has 0 amide bonds. The third-order valence-electron chi connectivity index (χ3n) is 13.0. The monoisotopic (exact) mass is 840 g/mol. The fraction of sp³-hybridized carbons (Fsp3) is 0. The molecule has 0 fully saturated rings. The molecule has 310 valence electrons. The van der Waals surface area contributed by atoms with Crippen LogP contribution in [0.3, 0.4) is 0 Å². The first kappa shape index (κ1) is 38.9. The summed E-state index contributed by atoms with van der Waals surface area (Å²) in [5, 5.41) is 5.00. The highest BCUT2D eigenvalue weighted by atomic mass is 15.1. The van der Waals surface area contributed by atoms with Gasteiger partial charge in [0, 0.05) is 33.4 Å². The molecule has 2 nitrogen and oxygen atoms in total. The smallest absolute Gasteiger partial charge is 0.0547 e. The number of anilines is 3. The van der Waals surface area contributed by atoms with E-state index < -0.39 is 0 Å². The molecule has 0 unspecified atom stereocenters. The van der Waals surface area contributed by atoms with Crippen LogP contribution < -0.4 is 4.90 Å². The van der Waals surface area contributed by atoms with Gasteiger partial charge in [0.15, 0.2) is 0 Å². The molecule has 2 heteroatoms. The predicted octanol–water partition coefficient (Wildman–Crippen LogP) is 17.7. The number of para-hydroxylation sites is 2. The second-order valence-corrected chi connectivity index (χ2v) is 16.9. The van der Waals surface area contributed by atoms with Crippen LogP contribution in [0, 0.1) is 0 Å². The summed E-state index contributed by atoms with van der Waals surface area (Å²) in [6.07, 6.45) is 0. The first-order valence-electron chi connectivity index (χ1n) is 22.7. The van der Waals surface area contributed by atoms with Crippen LogP contribution in [-0.2, 0) is 0 Å². The minimum absolute atomic E-state index is 1.10. The molecule has 0 aliphatic rings. The van der Waals surface area contributed by atoms with Gasteiger partial charge in [-0.1, -0.05) is 212 Å². The number of nitrogens with zero attached hydrogens (tertiary/aromatic N) is 2. The molecular weight excluding hydrogens is 797 g/mol. The number of hydrogen-bond donors (Lipinski definition) is 0. The SMILES string of the molecule is c1ccc(-c2ccc(N(c3ccc(-c4ccccc4)cc3)c3ccc(-c4ccc(-c5ccccc5-n5c6ccccc6c6ccc(-c7cccc8ccccc78)cc65)cc4)cc3)cc2)cc1. The van der Waals surface area contributed by atoms with Gasteiger partial charge in [-0.25, -0.2) is 0 Å². The lowest BCUT2D eigenvalue weighted by Crippen LogP contribution is -2.09. The number of fused-ring (bicyclic) bond motifs is 4. The topological polar surface area (TPSA) is 8.17 Å². The van der Waals surface area contributed by atoms with Crippen molar-refractivity contribution >= 4 is 49.6 Å². The van der Waals surface area contributed by atoms with Crippen LogP contribution in [0.15, 0.2) is 267 Å². The van der Waals surface area contributed by atoms with Crippen LogP contribution >= 0.6 is 0 Å². The molecule has 0 spiro atoms. The van der Waals surface area contributed by atoms with Crippen LogP contribution in [0.2, 0.25) is 0 Å². The number of benzene rings is 11. The first-order chi connectivity index (χ1) is 32.7. The van der Waals surface area contributed by atoms with Gasteiger partial charge in [-0.2, -0.15) is 0 Å². The molecule has 1 aromatic heterocycles. The second-order valence-electron chi connectivity index (χ2n) is 16.9. The van der Waals surface area contributed by atoms with Crippen molar-refractivity contribution < 1.29 is 0 Å². The fourth-order valence-corrected chi connectivity index (χ4v) is 9.75. The maximum atomic E-state index is 2.46. The molecule has 66 heavy (non-hydrogen) atoms. The van der Waals surface area contributed by atoms with Crippen LogP contribution in [0.1, 0.15) is 0 Å². The lowest BCUT2D eigenvalue weighted by Gasteiger charge is -2.26. The van der Waals surface area contributed by atoms with Crippen molar-refractivity contribution in [2.45, 2.75) is 0 Å². The molecule has 0 atom stereocenters. The zero-order valence-corrected chi connectivity index (χ0v) is 36.3. The highest BCUT2D eigenvalue weighted by Crippen LogP contribution is 2.41. The zero-order chi connectivity index (χ0) is 43.8. The van der Waals surface area contributed by atoms with Crippen molar-refractivity contribution in [1.82, 2.24) is 4.57 Å². The molecule has 12 aromatic rings. The average molecular weight is 841 g/mol. The standard InChI is InChI=1S/C64H44N2/c1-3-14-45(15-4-1)48-30-37-54(38-31-48)65(55-39-32-49(33-40-55)46-16-5-2-6-17-46)56-41-34-50(35-42-56)47-26-28-52(29-27-47)59-21-9-11-24-62(59)66-63-25-12-10-22-60(63)61-43-36-53(44-64(61)66)58-23-13-19-51-18-7-8-20-57(51)58/h1-44H. The Morgan fingerprint density at radius 2 is 0.652 bits per heavy atom. The molecule has 0 aliphatic heterocycles. The van der Waals surface area contributed by atoms with Gasteiger partial charge in [-0.05, 0) is 115 Å². The Morgan fingerprint density at radius 1 is 0.242 bits per heavy atom. The number of rotatable bonds is 9. The Hall–Kier alpha value is -8.72. The van der Waals surface area contributed by atoms with Gasteiger partial charge >= 0.3 is 0 Å². The summed E-state index contributed by atoms with van der Waals surface area (Å²) < 4.78 is 2.46. The Morgan fingerprint density at radius 3 is 1.26 bits per heavy atom. The third kappa shape index (κ3) is 7.12. The molecule has 12 rings (SSSR count). The van der Waals surface area contributed by atoms with E-state index in [0.717, 1.165) is 22.7 Å². The Balaban J connectivity index is 0.886. The van der Waals surface area contributed by atoms with Crippen molar-refractivity contribution in [3.05, 3.63) is 267 Å². The van der Waals surface area contributed by atoms with Crippen molar-refractivity contribution in [2.75, 3.05) is 4.90 Å². The van der Waals surface area contributed by atoms with E-state index in [2.05, 4.69) is 276 Å². The van der Waals surface area contributed by atoms with Crippen molar-refractivity contribution in [1.29, 1.82) is 0 Å². The van der Waals surface area contributed by atoms with Crippen LogP contribution in [0.5, 0.6) is 0 Å². The molecule has 0 N–H and O–H groups in total. The van der Waals surface area contributed by atoms with E-state index in [-0.39, 0.29) is 0 Å². The van der Waals surface area contributed by atoms with E-state index in [1.54, 1.807) is 0 Å². The van der Waals surface area contributed by atoms with Gasteiger partial charge in [0.05, 0.1) is 16.7 Å². The molecule has 0 radical (unpaired) electrons. The van der Waals surface area contributed by atoms with Crippen LogP contribution in [0.4, 0.5) is 17.1 Å². The first-order valence-corrected chi connectivity index (χ1v) is 22.7. The highest BCUT2D eigenvalue weighted by molar-refractivity contribution is 6.11. The summed E-state index contributed by atoms with van der Waals surface area (Å²) in [6, 6.07) is 96.7. The van der Waals surface area contributed by atoms with E-state index in [0.29, 0.717) is 0 Å². The highest BCUT2D eigenvalue weighted by Gasteiger charge is 2.18.